The Balaban J connectivity index is 4.81. The van der Waals surface area contributed by atoms with Gasteiger partial charge in [0.05, 0.1) is 25.2 Å². The maximum Gasteiger partial charge on any atom is 0.306 e. The highest BCUT2D eigenvalue weighted by Crippen LogP contribution is 2.16. The molecule has 0 aliphatic rings. The van der Waals surface area contributed by atoms with E-state index in [1.54, 1.807) is 0 Å². The Morgan fingerprint density at radius 1 is 0.492 bits per heavy atom. The summed E-state index contributed by atoms with van der Waals surface area (Å²) in [6.07, 6.45) is 65.4. The third-order valence-corrected chi connectivity index (χ3v) is 10.3. The first-order chi connectivity index (χ1) is 30.0. The second-order valence-corrected chi connectivity index (χ2v) is 16.0. The molecule has 0 aromatic carbocycles. The summed E-state index contributed by atoms with van der Waals surface area (Å²) in [5.41, 5.74) is 0. The average molecular weight is 844 g/mol. The van der Waals surface area contributed by atoms with E-state index in [0.29, 0.717) is 19.3 Å². The van der Waals surface area contributed by atoms with Crippen LogP contribution in [0.2, 0.25) is 0 Å². The monoisotopic (exact) mass is 844 g/mol. The van der Waals surface area contributed by atoms with Crippen LogP contribution < -0.4 is 5.32 Å². The van der Waals surface area contributed by atoms with Crippen molar-refractivity contribution in [3.8, 4) is 0 Å². The molecule has 3 N–H and O–H groups in total. The SMILES string of the molecule is CC\C=C/C=C/C=C/C=C\C=C\C=C\CCCC(CC(=O)NC(CO)C(O)CCCCCCCCCCC)OC(=O)CCCCCCC/C=C/C=C/C=C/C=C/CCCCC. The standard InChI is InChI=1S/C55H89NO5/c1-4-7-10-13-16-19-21-23-25-26-27-29-31-33-36-39-42-45-48-55(60)61-51(46-43-40-37-35-32-30-28-24-22-20-17-14-11-8-5-2)49-54(59)56-52(50-57)53(58)47-44-41-38-34-18-15-12-9-6-3/h8,11,14,16-17,19-30,32,35,37,51-53,57-58H,4-7,9-10,12-13,15,18,31,33-34,36,38-50H2,1-3H3,(H,56,59)/b11-8-,17-14+,19-16+,22-20+,23-21+,26-25+,28-24-,29-27+,32-30+,37-35+. The van der Waals surface area contributed by atoms with E-state index in [-0.39, 0.29) is 24.9 Å². The Morgan fingerprint density at radius 2 is 0.902 bits per heavy atom. The van der Waals surface area contributed by atoms with Crippen LogP contribution in [-0.4, -0.2) is 46.9 Å². The van der Waals surface area contributed by atoms with Crippen molar-refractivity contribution in [1.82, 2.24) is 5.32 Å². The minimum Gasteiger partial charge on any atom is -0.462 e. The van der Waals surface area contributed by atoms with Gasteiger partial charge in [-0.1, -0.05) is 232 Å². The molecule has 0 aliphatic carbocycles. The second kappa shape index (κ2) is 47.3. The lowest BCUT2D eigenvalue weighted by atomic mass is 10.0. The van der Waals surface area contributed by atoms with Gasteiger partial charge in [0.25, 0.3) is 0 Å². The van der Waals surface area contributed by atoms with E-state index in [4.69, 9.17) is 4.74 Å². The van der Waals surface area contributed by atoms with Crippen molar-refractivity contribution in [2.75, 3.05) is 6.61 Å². The third kappa shape index (κ3) is 42.7. The fraction of sp³-hybridized carbons (Fsp3) is 0.600. The number of rotatable bonds is 41. The van der Waals surface area contributed by atoms with Crippen molar-refractivity contribution in [3.05, 3.63) is 122 Å². The number of hydrogen-bond acceptors (Lipinski definition) is 5. The molecule has 0 saturated heterocycles. The fourth-order valence-electron chi connectivity index (χ4n) is 6.60. The molecule has 0 aromatic heterocycles. The molecule has 6 heteroatoms. The van der Waals surface area contributed by atoms with E-state index in [1.807, 2.05) is 60.8 Å². The van der Waals surface area contributed by atoms with Gasteiger partial charge in [0, 0.05) is 6.42 Å². The van der Waals surface area contributed by atoms with Gasteiger partial charge >= 0.3 is 5.97 Å². The van der Waals surface area contributed by atoms with Gasteiger partial charge in [0.15, 0.2) is 0 Å². The summed E-state index contributed by atoms with van der Waals surface area (Å²) < 4.78 is 5.87. The molecular weight excluding hydrogens is 755 g/mol. The van der Waals surface area contributed by atoms with Crippen molar-refractivity contribution >= 4 is 11.9 Å². The van der Waals surface area contributed by atoms with Crippen LogP contribution in [0.3, 0.4) is 0 Å². The fourth-order valence-corrected chi connectivity index (χ4v) is 6.60. The summed E-state index contributed by atoms with van der Waals surface area (Å²) in [6.45, 7) is 6.23. The van der Waals surface area contributed by atoms with Gasteiger partial charge in [-0.2, -0.15) is 0 Å². The van der Waals surface area contributed by atoms with Gasteiger partial charge in [-0.3, -0.25) is 9.59 Å². The third-order valence-electron chi connectivity index (χ3n) is 10.3. The number of allylic oxidation sites excluding steroid dienone is 20. The summed E-state index contributed by atoms with van der Waals surface area (Å²) in [5.74, 6) is -0.591. The molecule has 0 saturated carbocycles. The number of carbonyl (C=O) groups is 2. The van der Waals surface area contributed by atoms with Gasteiger partial charge < -0.3 is 20.3 Å². The molecule has 0 fully saturated rings. The van der Waals surface area contributed by atoms with E-state index in [0.717, 1.165) is 83.5 Å². The zero-order chi connectivity index (χ0) is 44.5. The molecule has 6 nitrogen and oxygen atoms in total. The van der Waals surface area contributed by atoms with Crippen LogP contribution in [-0.2, 0) is 14.3 Å². The van der Waals surface area contributed by atoms with Crippen molar-refractivity contribution in [2.45, 2.75) is 206 Å². The van der Waals surface area contributed by atoms with Crippen LogP contribution in [0.1, 0.15) is 188 Å². The van der Waals surface area contributed by atoms with Gasteiger partial charge in [0.2, 0.25) is 5.91 Å². The predicted octanol–water partition coefficient (Wildman–Crippen LogP) is 14.5. The molecule has 344 valence electrons. The molecule has 61 heavy (non-hydrogen) atoms. The van der Waals surface area contributed by atoms with Crippen LogP contribution in [0.25, 0.3) is 0 Å². The lowest BCUT2D eigenvalue weighted by Gasteiger charge is -2.24. The van der Waals surface area contributed by atoms with Crippen molar-refractivity contribution < 1.29 is 24.5 Å². The molecule has 3 unspecified atom stereocenters. The van der Waals surface area contributed by atoms with Crippen LogP contribution >= 0.6 is 0 Å². The molecule has 3 atom stereocenters. The van der Waals surface area contributed by atoms with Gasteiger partial charge in [-0.25, -0.2) is 0 Å². The number of ether oxygens (including phenoxy) is 1. The van der Waals surface area contributed by atoms with Crippen LogP contribution in [0, 0.1) is 0 Å². The minimum atomic E-state index is -0.818. The molecule has 0 spiro atoms. The van der Waals surface area contributed by atoms with Crippen LogP contribution in [0.5, 0.6) is 0 Å². The highest BCUT2D eigenvalue weighted by atomic mass is 16.5. The van der Waals surface area contributed by atoms with Crippen molar-refractivity contribution in [2.24, 2.45) is 0 Å². The number of aliphatic hydroxyl groups is 2. The smallest absolute Gasteiger partial charge is 0.306 e. The zero-order valence-electron chi connectivity index (χ0n) is 39.0. The van der Waals surface area contributed by atoms with Gasteiger partial charge in [0.1, 0.15) is 6.10 Å². The average Bonchev–Trinajstić information content (AvgIpc) is 3.25. The lowest BCUT2D eigenvalue weighted by molar-refractivity contribution is -0.151. The number of amides is 1. The van der Waals surface area contributed by atoms with E-state index in [1.165, 1.54) is 57.8 Å². The first-order valence-corrected chi connectivity index (χ1v) is 24.4. The van der Waals surface area contributed by atoms with E-state index >= 15 is 0 Å². The highest BCUT2D eigenvalue weighted by molar-refractivity contribution is 5.77. The largest absolute Gasteiger partial charge is 0.462 e. The Hall–Kier alpha value is -3.74. The molecule has 0 aliphatic heterocycles. The van der Waals surface area contributed by atoms with E-state index < -0.39 is 18.2 Å². The second-order valence-electron chi connectivity index (χ2n) is 16.0. The number of nitrogens with one attached hydrogen (secondary N) is 1. The molecule has 0 heterocycles. The van der Waals surface area contributed by atoms with Crippen LogP contribution in [0.4, 0.5) is 0 Å². The van der Waals surface area contributed by atoms with Crippen molar-refractivity contribution in [3.63, 3.8) is 0 Å². The molecule has 0 rings (SSSR count). The van der Waals surface area contributed by atoms with E-state index in [9.17, 15) is 19.8 Å². The first kappa shape index (κ1) is 57.3. The maximum absolute atomic E-state index is 13.1. The Morgan fingerprint density at radius 3 is 1.41 bits per heavy atom. The number of hydrogen-bond donors (Lipinski definition) is 3. The van der Waals surface area contributed by atoms with Gasteiger partial charge in [-0.15, -0.1) is 0 Å². The quantitative estimate of drug-likeness (QED) is 0.0324. The van der Waals surface area contributed by atoms with Crippen molar-refractivity contribution in [1.29, 1.82) is 0 Å². The minimum absolute atomic E-state index is 0.00810. The summed E-state index contributed by atoms with van der Waals surface area (Å²) in [6, 6.07) is -0.738. The highest BCUT2D eigenvalue weighted by Gasteiger charge is 2.24. The maximum atomic E-state index is 13.1. The Bertz CT molecular complexity index is 1310. The molecule has 0 aromatic rings. The topological polar surface area (TPSA) is 95.9 Å². The molecule has 0 bridgehead atoms. The lowest BCUT2D eigenvalue weighted by Crippen LogP contribution is -2.46. The molecule has 1 amide bonds. The van der Waals surface area contributed by atoms with Gasteiger partial charge in [-0.05, 0) is 64.2 Å². The van der Waals surface area contributed by atoms with Crippen LogP contribution in [0.15, 0.2) is 122 Å². The summed E-state index contributed by atoms with van der Waals surface area (Å²) in [7, 11) is 0. The zero-order valence-corrected chi connectivity index (χ0v) is 39.0. The summed E-state index contributed by atoms with van der Waals surface area (Å²) in [4.78, 5) is 26.1. The number of aliphatic hydroxyl groups excluding tert-OH is 2. The summed E-state index contributed by atoms with van der Waals surface area (Å²) >= 11 is 0. The Kier molecular flexibility index (Phi) is 44.4. The number of carbonyl (C=O) groups excluding carboxylic acids is 2. The summed E-state index contributed by atoms with van der Waals surface area (Å²) in [5, 5.41) is 23.6. The number of esters is 1. The molecular formula is C55H89NO5. The first-order valence-electron chi connectivity index (χ1n) is 24.4. The Labute approximate surface area is 374 Å². The predicted molar refractivity (Wildman–Crippen MR) is 263 cm³/mol. The molecule has 0 radical (unpaired) electrons. The number of unbranched alkanes of at least 4 members (excludes halogenated alkanes) is 17. The van der Waals surface area contributed by atoms with E-state index in [2.05, 4.69) is 86.8 Å². The normalized spacial score (nSPS) is 14.4.